The molecular weight excluding hydrogens is 364 g/mol. The summed E-state index contributed by atoms with van der Waals surface area (Å²) in [6.45, 7) is 1.99. The number of anilines is 4. The van der Waals surface area contributed by atoms with Crippen LogP contribution in [0.4, 0.5) is 23.0 Å². The monoisotopic (exact) mass is 384 g/mol. The summed E-state index contributed by atoms with van der Waals surface area (Å²) >= 11 is 0. The first-order valence-electron chi connectivity index (χ1n) is 9.11. The zero-order chi connectivity index (χ0) is 20.2. The Hall–Kier alpha value is -4.13. The quantitative estimate of drug-likeness (QED) is 0.387. The van der Waals surface area contributed by atoms with Crippen LogP contribution in [0, 0.1) is 6.92 Å². The van der Waals surface area contributed by atoms with Crippen molar-refractivity contribution >= 4 is 39.7 Å². The van der Waals surface area contributed by atoms with E-state index in [0.717, 1.165) is 22.0 Å². The number of hydrogen-bond donors (Lipinski definition) is 4. The normalized spacial score (nSPS) is 10.5. The van der Waals surface area contributed by atoms with Gasteiger partial charge in [-0.2, -0.15) is 0 Å². The number of nitrogens with two attached hydrogens (primary N) is 1. The number of rotatable bonds is 5. The lowest BCUT2D eigenvalue weighted by Gasteiger charge is -2.14. The SMILES string of the molecule is Cc1ccccc1Nc1ncnc(NNC(=O)c2cccc3ccccc23)c1N. The summed E-state index contributed by atoms with van der Waals surface area (Å²) in [6, 6.07) is 21.1. The van der Waals surface area contributed by atoms with Crippen molar-refractivity contribution in [2.75, 3.05) is 16.5 Å². The molecule has 29 heavy (non-hydrogen) atoms. The minimum Gasteiger partial charge on any atom is -0.393 e. The van der Waals surface area contributed by atoms with Gasteiger partial charge in [-0.25, -0.2) is 9.97 Å². The third-order valence-corrected chi connectivity index (χ3v) is 4.61. The Balaban J connectivity index is 1.53. The van der Waals surface area contributed by atoms with Crippen molar-refractivity contribution in [3.63, 3.8) is 0 Å². The molecule has 144 valence electrons. The molecule has 4 rings (SSSR count). The zero-order valence-corrected chi connectivity index (χ0v) is 15.8. The number of fused-ring (bicyclic) bond motifs is 1. The molecule has 0 fully saturated rings. The number of benzene rings is 3. The topological polar surface area (TPSA) is 105 Å². The maximum atomic E-state index is 12.7. The Bertz CT molecular complexity index is 1190. The first kappa shape index (κ1) is 18.2. The molecule has 0 aliphatic heterocycles. The third-order valence-electron chi connectivity index (χ3n) is 4.61. The van der Waals surface area contributed by atoms with Crippen molar-refractivity contribution in [2.24, 2.45) is 0 Å². The highest BCUT2D eigenvalue weighted by Crippen LogP contribution is 2.27. The van der Waals surface area contributed by atoms with E-state index in [4.69, 9.17) is 5.73 Å². The van der Waals surface area contributed by atoms with Crippen molar-refractivity contribution < 1.29 is 4.79 Å². The van der Waals surface area contributed by atoms with Crippen molar-refractivity contribution in [2.45, 2.75) is 6.92 Å². The number of amides is 1. The van der Waals surface area contributed by atoms with Gasteiger partial charge in [0.1, 0.15) is 12.0 Å². The number of nitrogens with one attached hydrogen (secondary N) is 3. The summed E-state index contributed by atoms with van der Waals surface area (Å²) in [4.78, 5) is 21.0. The zero-order valence-electron chi connectivity index (χ0n) is 15.8. The second-order valence-corrected chi connectivity index (χ2v) is 6.53. The van der Waals surface area contributed by atoms with Crippen LogP contribution in [0.1, 0.15) is 15.9 Å². The molecule has 1 heterocycles. The molecule has 0 unspecified atom stereocenters. The predicted octanol–water partition coefficient (Wildman–Crippen LogP) is 4.02. The lowest BCUT2D eigenvalue weighted by molar-refractivity contribution is 0.0964. The highest BCUT2D eigenvalue weighted by Gasteiger charge is 2.12. The number of para-hydroxylation sites is 1. The number of nitrogen functional groups attached to an aromatic ring is 1. The van der Waals surface area contributed by atoms with Gasteiger partial charge in [0.15, 0.2) is 11.6 Å². The number of aryl methyl sites for hydroxylation is 1. The molecule has 5 N–H and O–H groups in total. The van der Waals surface area contributed by atoms with Gasteiger partial charge in [0, 0.05) is 11.3 Å². The molecule has 0 bridgehead atoms. The average Bonchev–Trinajstić information content (AvgIpc) is 2.75. The highest BCUT2D eigenvalue weighted by atomic mass is 16.2. The highest BCUT2D eigenvalue weighted by molar-refractivity contribution is 6.07. The number of aromatic nitrogens is 2. The lowest BCUT2D eigenvalue weighted by Crippen LogP contribution is -2.30. The second-order valence-electron chi connectivity index (χ2n) is 6.53. The standard InChI is InChI=1S/C22H20N6O/c1-14-7-2-5-12-18(14)26-20-19(23)21(25-13-24-20)27-28-22(29)17-11-6-9-15-8-3-4-10-16(15)17/h2-13H,23H2,1H3,(H,28,29)(H2,24,25,26,27). The molecule has 7 nitrogen and oxygen atoms in total. The molecule has 0 spiro atoms. The van der Waals surface area contributed by atoms with Crippen molar-refractivity contribution in [3.8, 4) is 0 Å². The van der Waals surface area contributed by atoms with Gasteiger partial charge >= 0.3 is 0 Å². The van der Waals surface area contributed by atoms with Gasteiger partial charge in [-0.3, -0.25) is 15.6 Å². The summed E-state index contributed by atoms with van der Waals surface area (Å²) in [7, 11) is 0. The van der Waals surface area contributed by atoms with E-state index in [-0.39, 0.29) is 5.91 Å². The van der Waals surface area contributed by atoms with E-state index in [9.17, 15) is 4.79 Å². The minimum atomic E-state index is -0.284. The molecule has 7 heteroatoms. The number of carbonyl (C=O) groups is 1. The van der Waals surface area contributed by atoms with Gasteiger partial charge < -0.3 is 11.1 Å². The lowest BCUT2D eigenvalue weighted by atomic mass is 10.0. The van der Waals surface area contributed by atoms with Crippen LogP contribution in [0.15, 0.2) is 73.1 Å². The molecule has 4 aromatic rings. The van der Waals surface area contributed by atoms with Crippen LogP contribution in [0.25, 0.3) is 10.8 Å². The van der Waals surface area contributed by atoms with Gasteiger partial charge in [-0.1, -0.05) is 54.6 Å². The van der Waals surface area contributed by atoms with Gasteiger partial charge in [0.2, 0.25) is 0 Å². The molecule has 0 aliphatic rings. The Morgan fingerprint density at radius 3 is 2.48 bits per heavy atom. The molecule has 0 atom stereocenters. The molecule has 0 saturated heterocycles. The Morgan fingerprint density at radius 2 is 1.62 bits per heavy atom. The van der Waals surface area contributed by atoms with Crippen LogP contribution in [-0.4, -0.2) is 15.9 Å². The summed E-state index contributed by atoms with van der Waals surface area (Å²) < 4.78 is 0. The molecule has 1 aromatic heterocycles. The smallest absolute Gasteiger partial charge is 0.270 e. The fourth-order valence-electron chi connectivity index (χ4n) is 3.04. The predicted molar refractivity (Wildman–Crippen MR) is 116 cm³/mol. The Kier molecular flexibility index (Phi) is 4.94. The van der Waals surface area contributed by atoms with E-state index in [1.807, 2.05) is 67.6 Å². The van der Waals surface area contributed by atoms with Crippen LogP contribution in [-0.2, 0) is 0 Å². The molecule has 0 aliphatic carbocycles. The van der Waals surface area contributed by atoms with E-state index >= 15 is 0 Å². The van der Waals surface area contributed by atoms with Gasteiger partial charge in [0.05, 0.1) is 0 Å². The average molecular weight is 384 g/mol. The second kappa shape index (κ2) is 7.85. The maximum absolute atomic E-state index is 12.7. The number of carbonyl (C=O) groups excluding carboxylic acids is 1. The minimum absolute atomic E-state index is 0.284. The Labute approximate surface area is 168 Å². The van der Waals surface area contributed by atoms with Crippen LogP contribution in [0.3, 0.4) is 0 Å². The summed E-state index contributed by atoms with van der Waals surface area (Å²) in [5.41, 5.74) is 14.5. The first-order valence-corrected chi connectivity index (χ1v) is 9.11. The fraction of sp³-hybridized carbons (Fsp3) is 0.0455. The van der Waals surface area contributed by atoms with E-state index in [1.54, 1.807) is 6.07 Å². The molecule has 0 radical (unpaired) electrons. The molecule has 0 saturated carbocycles. The number of hydrogen-bond acceptors (Lipinski definition) is 6. The summed E-state index contributed by atoms with van der Waals surface area (Å²) in [6.07, 6.45) is 1.38. The van der Waals surface area contributed by atoms with Crippen molar-refractivity contribution in [1.82, 2.24) is 15.4 Å². The van der Waals surface area contributed by atoms with E-state index in [1.165, 1.54) is 6.33 Å². The van der Waals surface area contributed by atoms with Crippen molar-refractivity contribution in [3.05, 3.63) is 84.2 Å². The molecule has 3 aromatic carbocycles. The van der Waals surface area contributed by atoms with E-state index in [2.05, 4.69) is 26.1 Å². The fourth-order valence-corrected chi connectivity index (χ4v) is 3.04. The summed E-state index contributed by atoms with van der Waals surface area (Å²) in [5, 5.41) is 5.06. The molecule has 1 amide bonds. The maximum Gasteiger partial charge on any atom is 0.270 e. The van der Waals surface area contributed by atoms with Gasteiger partial charge in [0.25, 0.3) is 5.91 Å². The van der Waals surface area contributed by atoms with Crippen LogP contribution >= 0.6 is 0 Å². The van der Waals surface area contributed by atoms with Crippen LogP contribution < -0.4 is 21.9 Å². The molecular formula is C22H20N6O. The van der Waals surface area contributed by atoms with Crippen LogP contribution in [0.2, 0.25) is 0 Å². The third kappa shape index (κ3) is 3.79. The number of nitrogens with zero attached hydrogens (tertiary/aromatic N) is 2. The van der Waals surface area contributed by atoms with E-state index in [0.29, 0.717) is 22.9 Å². The first-order chi connectivity index (χ1) is 14.1. The number of hydrazine groups is 1. The van der Waals surface area contributed by atoms with Gasteiger partial charge in [-0.05, 0) is 35.4 Å². The van der Waals surface area contributed by atoms with Crippen molar-refractivity contribution in [1.29, 1.82) is 0 Å². The van der Waals surface area contributed by atoms with Crippen LogP contribution in [0.5, 0.6) is 0 Å². The van der Waals surface area contributed by atoms with Gasteiger partial charge in [-0.15, -0.1) is 0 Å². The largest absolute Gasteiger partial charge is 0.393 e. The Morgan fingerprint density at radius 1 is 0.897 bits per heavy atom. The summed E-state index contributed by atoms with van der Waals surface area (Å²) in [5.74, 6) is 0.481. The van der Waals surface area contributed by atoms with E-state index < -0.39 is 0 Å².